The van der Waals surface area contributed by atoms with Crippen molar-refractivity contribution in [1.82, 2.24) is 5.32 Å². The summed E-state index contributed by atoms with van der Waals surface area (Å²) in [5.74, 6) is -3.62. The van der Waals surface area contributed by atoms with E-state index < -0.39 is 17.5 Å². The first-order chi connectivity index (χ1) is 18.8. The summed E-state index contributed by atoms with van der Waals surface area (Å²) < 4.78 is 41.9. The molecule has 1 aromatic rings. The highest BCUT2D eigenvalue weighted by molar-refractivity contribution is 6.03. The van der Waals surface area contributed by atoms with E-state index in [4.69, 9.17) is 0 Å². The summed E-state index contributed by atoms with van der Waals surface area (Å²) in [6, 6.07) is 2.15. The number of aliphatic imine (C=N–C) groups is 1. The first kappa shape index (κ1) is 35.4. The van der Waals surface area contributed by atoms with Crippen LogP contribution in [0.1, 0.15) is 98.0 Å². The van der Waals surface area contributed by atoms with Crippen LogP contribution in [0.25, 0.3) is 0 Å². The summed E-state index contributed by atoms with van der Waals surface area (Å²) in [4.78, 5) is 4.55. The monoisotopic (exact) mass is 556 g/mol. The largest absolute Gasteiger partial charge is 0.316 e. The van der Waals surface area contributed by atoms with Gasteiger partial charge in [0.2, 0.25) is 0 Å². The smallest absolute Gasteiger partial charge is 0.194 e. The third-order valence-electron chi connectivity index (χ3n) is 7.03. The van der Waals surface area contributed by atoms with Crippen LogP contribution in [-0.2, 0) is 0 Å². The second kappa shape index (κ2) is 17.9. The zero-order valence-electron chi connectivity index (χ0n) is 26.0. The highest BCUT2D eigenvalue weighted by Gasteiger charge is 2.20. The van der Waals surface area contributed by atoms with Gasteiger partial charge in [0.1, 0.15) is 0 Å². The van der Waals surface area contributed by atoms with Crippen LogP contribution in [0.15, 0.2) is 76.4 Å². The lowest BCUT2D eigenvalue weighted by Gasteiger charge is -2.22. The molecule has 1 unspecified atom stereocenters. The molecule has 0 aliphatic rings. The summed E-state index contributed by atoms with van der Waals surface area (Å²) in [7, 11) is 1.76. The first-order valence-electron chi connectivity index (χ1n) is 14.5. The van der Waals surface area contributed by atoms with Crippen molar-refractivity contribution in [1.29, 1.82) is 0 Å². The average Bonchev–Trinajstić information content (AvgIpc) is 2.88. The summed E-state index contributed by atoms with van der Waals surface area (Å²) >= 11 is 0. The second-order valence-electron chi connectivity index (χ2n) is 11.4. The summed E-state index contributed by atoms with van der Waals surface area (Å²) in [6.45, 7) is 27.2. The molecule has 0 heterocycles. The van der Waals surface area contributed by atoms with E-state index in [1.165, 1.54) is 0 Å². The van der Waals surface area contributed by atoms with Crippen molar-refractivity contribution in [2.45, 2.75) is 92.4 Å². The molecule has 0 saturated heterocycles. The summed E-state index contributed by atoms with van der Waals surface area (Å²) in [5.41, 5.74) is 7.31. The van der Waals surface area contributed by atoms with Gasteiger partial charge in [-0.3, -0.25) is 4.99 Å². The Morgan fingerprint density at radius 2 is 1.55 bits per heavy atom. The Labute approximate surface area is 242 Å². The van der Waals surface area contributed by atoms with Gasteiger partial charge in [0.05, 0.1) is 0 Å². The molecule has 0 aliphatic heterocycles. The van der Waals surface area contributed by atoms with Crippen molar-refractivity contribution < 1.29 is 13.2 Å². The van der Waals surface area contributed by atoms with Crippen molar-refractivity contribution in [3.05, 3.63) is 94.4 Å². The summed E-state index contributed by atoms with van der Waals surface area (Å²) in [5, 5.41) is 3.48. The number of nitrogens with zero attached hydrogens (tertiary/aromatic N) is 1. The highest BCUT2D eigenvalue weighted by atomic mass is 19.2. The van der Waals surface area contributed by atoms with E-state index in [1.54, 1.807) is 7.05 Å². The van der Waals surface area contributed by atoms with Crippen molar-refractivity contribution in [3.63, 3.8) is 0 Å². The molecular weight excluding hydrogens is 505 g/mol. The minimum Gasteiger partial charge on any atom is -0.316 e. The maximum atomic E-state index is 14.1. The number of halogens is 3. The number of rotatable bonds is 18. The number of hydrogen-bond donors (Lipinski definition) is 1. The number of nitrogens with one attached hydrogen (secondary N) is 1. The maximum Gasteiger partial charge on any atom is 0.194 e. The number of hydrogen-bond acceptors (Lipinski definition) is 2. The van der Waals surface area contributed by atoms with Crippen LogP contribution in [0.5, 0.6) is 0 Å². The van der Waals surface area contributed by atoms with Crippen LogP contribution in [0, 0.1) is 23.4 Å². The van der Waals surface area contributed by atoms with E-state index >= 15 is 0 Å². The van der Waals surface area contributed by atoms with E-state index in [0.717, 1.165) is 96.5 Å². The summed E-state index contributed by atoms with van der Waals surface area (Å²) in [6.07, 6.45) is 8.29. The zero-order valence-corrected chi connectivity index (χ0v) is 26.0. The fraction of sp³-hybridized carbons (Fsp3) is 0.514. The lowest BCUT2D eigenvalue weighted by molar-refractivity contribution is 0.445. The van der Waals surface area contributed by atoms with Crippen LogP contribution in [-0.4, -0.2) is 25.8 Å². The normalized spacial score (nSPS) is 13.9. The van der Waals surface area contributed by atoms with Crippen molar-refractivity contribution in [2.24, 2.45) is 10.9 Å². The molecule has 0 amide bonds. The minimum absolute atomic E-state index is 0.369. The Kier molecular flexibility index (Phi) is 15.8. The molecule has 0 aromatic heterocycles. The molecule has 2 nitrogen and oxygen atoms in total. The molecule has 0 spiro atoms. The van der Waals surface area contributed by atoms with E-state index in [9.17, 15) is 13.2 Å². The van der Waals surface area contributed by atoms with Gasteiger partial charge in [-0.15, -0.1) is 0 Å². The quantitative estimate of drug-likeness (QED) is 0.0628. The van der Waals surface area contributed by atoms with Gasteiger partial charge in [-0.2, -0.15) is 0 Å². The van der Waals surface area contributed by atoms with Gasteiger partial charge in [0.25, 0.3) is 0 Å². The van der Waals surface area contributed by atoms with Crippen LogP contribution in [0.2, 0.25) is 0 Å². The van der Waals surface area contributed by atoms with E-state index in [-0.39, 0.29) is 5.92 Å². The third kappa shape index (κ3) is 11.8. The van der Waals surface area contributed by atoms with E-state index in [1.807, 2.05) is 26.8 Å². The van der Waals surface area contributed by atoms with Crippen LogP contribution in [0.3, 0.4) is 0 Å². The van der Waals surface area contributed by atoms with Gasteiger partial charge in [-0.05, 0) is 99.7 Å². The predicted octanol–water partition coefficient (Wildman–Crippen LogP) is 10.2. The van der Waals surface area contributed by atoms with Crippen LogP contribution >= 0.6 is 0 Å². The number of unbranched alkanes of at least 4 members (excludes halogenated alkanes) is 2. The van der Waals surface area contributed by atoms with Gasteiger partial charge in [0.15, 0.2) is 17.5 Å². The minimum atomic E-state index is -1.45. The van der Waals surface area contributed by atoms with Gasteiger partial charge in [-0.25, -0.2) is 13.2 Å². The fourth-order valence-electron chi connectivity index (χ4n) is 4.65. The number of allylic oxidation sites excluding steroid dienone is 6. The predicted molar refractivity (Wildman–Crippen MR) is 168 cm³/mol. The lowest BCUT2D eigenvalue weighted by atomic mass is 9.83. The molecule has 1 aromatic carbocycles. The standard InChI is InChI=1S/C35H51F3N2/c1-11-12-13-14-25(6)17-30(19-27(8)29-20-32(36)35(38)33(37)21-29)34(28(9)39-10)31(24(4)5)18-26(7)15-16-40-22-23(2)3/h19-21,23,27,40H,4,6-7,11-18,22H2,1-3,5,8-10H3/b30-19-,34-31+,39-28?. The maximum absolute atomic E-state index is 14.1. The molecule has 1 rings (SSSR count). The van der Waals surface area contributed by atoms with E-state index in [2.05, 4.69) is 50.8 Å². The first-order valence-corrected chi connectivity index (χ1v) is 14.5. The molecule has 5 heteroatoms. The highest BCUT2D eigenvalue weighted by Crippen LogP contribution is 2.34. The third-order valence-corrected chi connectivity index (χ3v) is 7.03. The topological polar surface area (TPSA) is 24.4 Å². The molecule has 0 radical (unpaired) electrons. The fourth-order valence-corrected chi connectivity index (χ4v) is 4.65. The Morgan fingerprint density at radius 3 is 2.08 bits per heavy atom. The molecule has 0 aliphatic carbocycles. The van der Waals surface area contributed by atoms with Gasteiger partial charge >= 0.3 is 0 Å². The molecular formula is C35H51F3N2. The zero-order chi connectivity index (χ0) is 30.4. The van der Waals surface area contributed by atoms with Crippen LogP contribution < -0.4 is 5.32 Å². The SMILES string of the molecule is C=C(CCCCC)CC(=C/C(C)c1cc(F)c(F)c(F)c1)/C(C(C)=NC)=C(\CC(=C)CCNCC(C)C)C(=C)C. The Hall–Kier alpha value is -2.66. The molecule has 0 bridgehead atoms. The molecule has 0 saturated carbocycles. The second-order valence-corrected chi connectivity index (χ2v) is 11.4. The molecule has 1 N–H and O–H groups in total. The van der Waals surface area contributed by atoms with Gasteiger partial charge < -0.3 is 5.32 Å². The van der Waals surface area contributed by atoms with Crippen LogP contribution in [0.4, 0.5) is 13.2 Å². The lowest BCUT2D eigenvalue weighted by Crippen LogP contribution is -2.21. The molecule has 40 heavy (non-hydrogen) atoms. The molecule has 1 atom stereocenters. The van der Waals surface area contributed by atoms with Gasteiger partial charge in [-0.1, -0.05) is 83.1 Å². The van der Waals surface area contributed by atoms with Gasteiger partial charge in [0, 0.05) is 18.3 Å². The number of benzene rings is 1. The molecule has 222 valence electrons. The Morgan fingerprint density at radius 1 is 0.950 bits per heavy atom. The Bertz CT molecular complexity index is 1100. The Balaban J connectivity index is 3.62. The molecule has 0 fully saturated rings. The average molecular weight is 557 g/mol. The van der Waals surface area contributed by atoms with Crippen molar-refractivity contribution in [2.75, 3.05) is 20.1 Å². The van der Waals surface area contributed by atoms with E-state index in [0.29, 0.717) is 24.3 Å². The van der Waals surface area contributed by atoms with Crippen molar-refractivity contribution >= 4 is 5.71 Å². The van der Waals surface area contributed by atoms with Crippen molar-refractivity contribution in [3.8, 4) is 0 Å².